The molecule has 0 fully saturated rings. The maximum atomic E-state index is 10.1. The van der Waals surface area contributed by atoms with Crippen molar-refractivity contribution in [3.8, 4) is 0 Å². The third kappa shape index (κ3) is 34.6. The molecule has 0 spiro atoms. The van der Waals surface area contributed by atoms with Crippen molar-refractivity contribution in [2.24, 2.45) is 0 Å². The van der Waals surface area contributed by atoms with Crippen molar-refractivity contribution >= 4 is 13.8 Å². The lowest BCUT2D eigenvalue weighted by molar-refractivity contribution is -0.137. The number of phosphoric acid groups is 1. The van der Waals surface area contributed by atoms with Crippen LogP contribution < -0.4 is 0 Å². The maximum absolute atomic E-state index is 10.1. The fraction of sp³-hybridized carbons (Fsp3) is 0.400. The zero-order valence-corrected chi connectivity index (χ0v) is 7.40. The lowest BCUT2D eigenvalue weighted by Gasteiger charge is -1.90. The highest BCUT2D eigenvalue weighted by Gasteiger charge is 2.00. The molecule has 0 aliphatic rings. The number of carbonyl (C=O) groups excluding carboxylic acids is 1. The maximum Gasteiger partial charge on any atom is 0.466 e. The SMILES string of the molecule is C=CC(=O)OCC.O=P(O)(O)O. The summed E-state index contributed by atoms with van der Waals surface area (Å²) in [6.07, 6.45) is 1.14. The van der Waals surface area contributed by atoms with Crippen LogP contribution in [-0.2, 0) is 14.1 Å². The first-order valence-electron chi connectivity index (χ1n) is 2.88. The Hall–Kier alpha value is -0.680. The molecule has 0 saturated carbocycles. The monoisotopic (exact) mass is 198 g/mol. The van der Waals surface area contributed by atoms with Gasteiger partial charge in [-0.1, -0.05) is 6.58 Å². The normalized spacial score (nSPS) is 9.33. The molecule has 0 aromatic carbocycles. The molecule has 6 nitrogen and oxygen atoms in total. The van der Waals surface area contributed by atoms with Gasteiger partial charge in [0, 0.05) is 6.08 Å². The van der Waals surface area contributed by atoms with Gasteiger partial charge in [-0.15, -0.1) is 0 Å². The van der Waals surface area contributed by atoms with Gasteiger partial charge in [-0.25, -0.2) is 9.36 Å². The lowest BCUT2D eigenvalue weighted by Crippen LogP contribution is -1.97. The zero-order chi connectivity index (χ0) is 10.2. The van der Waals surface area contributed by atoms with Gasteiger partial charge >= 0.3 is 13.8 Å². The minimum atomic E-state index is -4.64. The minimum absolute atomic E-state index is 0.359. The van der Waals surface area contributed by atoms with Gasteiger partial charge in [-0.05, 0) is 6.92 Å². The molecule has 0 unspecified atom stereocenters. The highest BCUT2D eigenvalue weighted by atomic mass is 31.2. The molecule has 0 radical (unpaired) electrons. The largest absolute Gasteiger partial charge is 0.466 e. The van der Waals surface area contributed by atoms with Crippen LogP contribution in [0, 0.1) is 0 Å². The van der Waals surface area contributed by atoms with Gasteiger partial charge in [0.15, 0.2) is 0 Å². The van der Waals surface area contributed by atoms with Gasteiger partial charge in [0.2, 0.25) is 0 Å². The molecule has 0 atom stereocenters. The van der Waals surface area contributed by atoms with E-state index in [0.717, 1.165) is 6.08 Å². The number of rotatable bonds is 2. The van der Waals surface area contributed by atoms with Crippen LogP contribution in [-0.4, -0.2) is 27.3 Å². The highest BCUT2D eigenvalue weighted by molar-refractivity contribution is 7.45. The van der Waals surface area contributed by atoms with Gasteiger partial charge in [0.25, 0.3) is 0 Å². The molecule has 0 amide bonds. The minimum Gasteiger partial charge on any atom is -0.463 e. The predicted octanol–water partition coefficient (Wildman–Crippen LogP) is -0.193. The third-order valence-electron chi connectivity index (χ3n) is 0.453. The van der Waals surface area contributed by atoms with Gasteiger partial charge in [0.1, 0.15) is 0 Å². The van der Waals surface area contributed by atoms with Crippen molar-refractivity contribution in [1.29, 1.82) is 0 Å². The fourth-order valence-corrected chi connectivity index (χ4v) is 0.201. The third-order valence-corrected chi connectivity index (χ3v) is 0.453. The van der Waals surface area contributed by atoms with E-state index in [1.165, 1.54) is 0 Å². The van der Waals surface area contributed by atoms with Crippen LogP contribution in [0.3, 0.4) is 0 Å². The van der Waals surface area contributed by atoms with E-state index in [1.54, 1.807) is 6.92 Å². The first-order chi connectivity index (χ1) is 5.31. The first kappa shape index (κ1) is 13.9. The van der Waals surface area contributed by atoms with E-state index < -0.39 is 7.82 Å². The molecular formula is C5H11O6P. The Balaban J connectivity index is 0. The Morgan fingerprint density at radius 3 is 2.00 bits per heavy atom. The summed E-state index contributed by atoms with van der Waals surface area (Å²) in [5, 5.41) is 0. The number of ether oxygens (including phenoxy) is 1. The fourth-order valence-electron chi connectivity index (χ4n) is 0.201. The lowest BCUT2D eigenvalue weighted by atomic mass is 10.6. The summed E-state index contributed by atoms with van der Waals surface area (Å²) in [5.41, 5.74) is 0. The Labute approximate surface area is 69.7 Å². The summed E-state index contributed by atoms with van der Waals surface area (Å²) < 4.78 is 13.3. The van der Waals surface area contributed by atoms with Crippen molar-refractivity contribution in [2.45, 2.75) is 6.92 Å². The molecule has 0 aliphatic carbocycles. The van der Waals surface area contributed by atoms with Crippen molar-refractivity contribution < 1.29 is 28.8 Å². The Morgan fingerprint density at radius 2 is 1.92 bits per heavy atom. The summed E-state index contributed by atoms with van der Waals surface area (Å²) in [6, 6.07) is 0. The summed E-state index contributed by atoms with van der Waals surface area (Å²) in [5.74, 6) is -0.359. The van der Waals surface area contributed by atoms with E-state index in [2.05, 4.69) is 11.3 Å². The molecule has 72 valence electrons. The standard InChI is InChI=1S/C5H8O2.H3O4P/c1-3-5(6)7-4-2;1-5(2,3)4/h3H,1,4H2,2H3;(H3,1,2,3,4). The Morgan fingerprint density at radius 1 is 1.58 bits per heavy atom. The molecular weight excluding hydrogens is 187 g/mol. The van der Waals surface area contributed by atoms with Gasteiger partial charge in [-0.3, -0.25) is 0 Å². The van der Waals surface area contributed by atoms with Gasteiger partial charge in [0.05, 0.1) is 6.61 Å². The quantitative estimate of drug-likeness (QED) is 0.322. The average Bonchev–Trinajstić information content (AvgIpc) is 1.85. The van der Waals surface area contributed by atoms with E-state index in [-0.39, 0.29) is 5.97 Å². The Kier molecular flexibility index (Phi) is 8.09. The molecule has 0 bridgehead atoms. The number of hydrogen-bond donors (Lipinski definition) is 3. The van der Waals surface area contributed by atoms with E-state index in [1.807, 2.05) is 0 Å². The summed E-state index contributed by atoms with van der Waals surface area (Å²) >= 11 is 0. The molecule has 0 aromatic heterocycles. The van der Waals surface area contributed by atoms with Crippen LogP contribution in [0.2, 0.25) is 0 Å². The van der Waals surface area contributed by atoms with E-state index in [9.17, 15) is 4.79 Å². The second-order valence-electron chi connectivity index (χ2n) is 1.47. The molecule has 0 heterocycles. The van der Waals surface area contributed by atoms with Gasteiger partial charge < -0.3 is 19.4 Å². The molecule has 7 heteroatoms. The Bertz CT molecular complexity index is 174. The van der Waals surface area contributed by atoms with E-state index in [0.29, 0.717) is 6.61 Å². The molecule has 12 heavy (non-hydrogen) atoms. The van der Waals surface area contributed by atoms with Crippen LogP contribution in [0.4, 0.5) is 0 Å². The number of hydrogen-bond acceptors (Lipinski definition) is 3. The molecule has 0 saturated heterocycles. The molecule has 0 rings (SSSR count). The molecule has 0 aromatic rings. The van der Waals surface area contributed by atoms with E-state index in [4.69, 9.17) is 19.2 Å². The van der Waals surface area contributed by atoms with Crippen molar-refractivity contribution in [1.82, 2.24) is 0 Å². The molecule has 3 N–H and O–H groups in total. The highest BCUT2D eigenvalue weighted by Crippen LogP contribution is 2.25. The molecule has 0 aliphatic heterocycles. The van der Waals surface area contributed by atoms with Crippen LogP contribution >= 0.6 is 7.82 Å². The zero-order valence-electron chi connectivity index (χ0n) is 6.51. The number of esters is 1. The van der Waals surface area contributed by atoms with Crippen molar-refractivity contribution in [2.75, 3.05) is 6.61 Å². The summed E-state index contributed by atoms with van der Waals surface area (Å²) in [7, 11) is -4.64. The van der Waals surface area contributed by atoms with Crippen LogP contribution in [0.25, 0.3) is 0 Å². The average molecular weight is 198 g/mol. The smallest absolute Gasteiger partial charge is 0.463 e. The van der Waals surface area contributed by atoms with Gasteiger partial charge in [-0.2, -0.15) is 0 Å². The van der Waals surface area contributed by atoms with Crippen LogP contribution in [0.1, 0.15) is 6.92 Å². The summed E-state index contributed by atoms with van der Waals surface area (Å²) in [4.78, 5) is 31.6. The second-order valence-corrected chi connectivity index (χ2v) is 2.50. The first-order valence-corrected chi connectivity index (χ1v) is 4.45. The van der Waals surface area contributed by atoms with Crippen LogP contribution in [0.15, 0.2) is 12.7 Å². The topological polar surface area (TPSA) is 104 Å². The second kappa shape index (κ2) is 7.00. The van der Waals surface area contributed by atoms with E-state index >= 15 is 0 Å². The summed E-state index contributed by atoms with van der Waals surface area (Å²) in [6.45, 7) is 5.38. The van der Waals surface area contributed by atoms with Crippen molar-refractivity contribution in [3.63, 3.8) is 0 Å². The van der Waals surface area contributed by atoms with Crippen LogP contribution in [0.5, 0.6) is 0 Å². The van der Waals surface area contributed by atoms with Crippen molar-refractivity contribution in [3.05, 3.63) is 12.7 Å². The predicted molar refractivity (Wildman–Crippen MR) is 41.1 cm³/mol. The number of carbonyl (C=O) groups is 1.